The highest BCUT2D eigenvalue weighted by Crippen LogP contribution is 2.27. The Morgan fingerprint density at radius 3 is 2.58 bits per heavy atom. The average molecular weight is 322 g/mol. The topological polar surface area (TPSA) is 3.88 Å². The summed E-state index contributed by atoms with van der Waals surface area (Å²) in [5, 5.41) is 1.26. The standard InChI is InChI=1S/C23H28N/c1-15(2)12-19-8-7-9-22-20(19)10-11-23(24(22)6)21-14-16(3)13-17(4)18(21)5/h7-11,13-15H,12H2,1-6H3/q+1/i3D3. The second-order valence-corrected chi connectivity index (χ2v) is 7.19. The molecule has 1 heterocycles. The molecule has 0 saturated heterocycles. The van der Waals surface area contributed by atoms with Gasteiger partial charge in [0, 0.05) is 27.2 Å². The van der Waals surface area contributed by atoms with Gasteiger partial charge in [-0.25, -0.2) is 0 Å². The number of hydrogen-bond donors (Lipinski definition) is 0. The Morgan fingerprint density at radius 1 is 1.08 bits per heavy atom. The predicted octanol–water partition coefficient (Wildman–Crippen LogP) is 5.46. The highest BCUT2D eigenvalue weighted by molar-refractivity contribution is 5.81. The zero-order valence-electron chi connectivity index (χ0n) is 18.3. The van der Waals surface area contributed by atoms with Crippen molar-refractivity contribution < 1.29 is 8.68 Å². The van der Waals surface area contributed by atoms with Gasteiger partial charge in [0.2, 0.25) is 11.2 Å². The molecule has 0 saturated carbocycles. The van der Waals surface area contributed by atoms with E-state index >= 15 is 0 Å². The van der Waals surface area contributed by atoms with Gasteiger partial charge < -0.3 is 0 Å². The zero-order chi connectivity index (χ0) is 19.9. The van der Waals surface area contributed by atoms with Crippen molar-refractivity contribution in [3.63, 3.8) is 0 Å². The van der Waals surface area contributed by atoms with Gasteiger partial charge in [-0.1, -0.05) is 37.6 Å². The number of benzene rings is 2. The van der Waals surface area contributed by atoms with Crippen LogP contribution in [0.5, 0.6) is 0 Å². The van der Waals surface area contributed by atoms with Crippen LogP contribution in [0.3, 0.4) is 0 Å². The molecule has 0 atom stereocenters. The lowest BCUT2D eigenvalue weighted by Gasteiger charge is -2.12. The highest BCUT2D eigenvalue weighted by atomic mass is 14.9. The van der Waals surface area contributed by atoms with Crippen LogP contribution in [0, 0.1) is 26.6 Å². The van der Waals surface area contributed by atoms with Crippen LogP contribution in [-0.2, 0) is 13.5 Å². The minimum Gasteiger partial charge on any atom is -0.194 e. The average Bonchev–Trinajstić information content (AvgIpc) is 2.57. The van der Waals surface area contributed by atoms with E-state index in [1.54, 1.807) is 6.07 Å². The first kappa shape index (κ1) is 13.2. The molecule has 1 aromatic heterocycles. The van der Waals surface area contributed by atoms with Gasteiger partial charge in [0.1, 0.15) is 7.05 Å². The van der Waals surface area contributed by atoms with Gasteiger partial charge in [-0.15, -0.1) is 0 Å². The van der Waals surface area contributed by atoms with Gasteiger partial charge in [0.25, 0.3) is 0 Å². The van der Waals surface area contributed by atoms with Crippen molar-refractivity contribution in [1.29, 1.82) is 0 Å². The third kappa shape index (κ3) is 2.96. The maximum Gasteiger partial charge on any atom is 0.213 e. The largest absolute Gasteiger partial charge is 0.213 e. The van der Waals surface area contributed by atoms with Gasteiger partial charge in [-0.3, -0.25) is 0 Å². The summed E-state index contributed by atoms with van der Waals surface area (Å²) in [4.78, 5) is 0. The molecule has 0 bridgehead atoms. The molecule has 1 nitrogen and oxygen atoms in total. The Hall–Kier alpha value is -2.15. The normalized spacial score (nSPS) is 13.8. The van der Waals surface area contributed by atoms with Gasteiger partial charge >= 0.3 is 0 Å². The smallest absolute Gasteiger partial charge is 0.194 e. The number of aryl methyl sites for hydroxylation is 3. The summed E-state index contributed by atoms with van der Waals surface area (Å²) in [6.07, 6.45) is 1.04. The van der Waals surface area contributed by atoms with Gasteiger partial charge in [-0.2, -0.15) is 4.57 Å². The Morgan fingerprint density at radius 2 is 1.88 bits per heavy atom. The van der Waals surface area contributed by atoms with Crippen molar-refractivity contribution in [1.82, 2.24) is 0 Å². The van der Waals surface area contributed by atoms with Gasteiger partial charge in [0.15, 0.2) is 0 Å². The molecule has 124 valence electrons. The molecule has 2 aromatic carbocycles. The molecule has 0 fully saturated rings. The number of hydrogen-bond acceptors (Lipinski definition) is 0. The van der Waals surface area contributed by atoms with E-state index in [1.165, 1.54) is 16.5 Å². The first-order valence-corrected chi connectivity index (χ1v) is 8.62. The summed E-state index contributed by atoms with van der Waals surface area (Å²) in [7, 11) is 2.06. The molecule has 0 spiro atoms. The van der Waals surface area contributed by atoms with E-state index in [2.05, 4.69) is 62.7 Å². The lowest BCUT2D eigenvalue weighted by molar-refractivity contribution is -0.633. The minimum absolute atomic E-state index is 0.397. The SMILES string of the molecule is [2H]C([2H])([2H])c1cc(C)c(C)c(-c2ccc3c(CC(C)C)cccc3[n+]2C)c1. The third-order valence-electron chi connectivity index (χ3n) is 4.88. The molecular formula is C23H28N+. The number of aromatic nitrogens is 1. The summed E-state index contributed by atoms with van der Waals surface area (Å²) in [5.74, 6) is 0.599. The molecule has 24 heavy (non-hydrogen) atoms. The van der Waals surface area contributed by atoms with Crippen molar-refractivity contribution >= 4 is 10.9 Å². The van der Waals surface area contributed by atoms with Crippen LogP contribution in [0.15, 0.2) is 42.5 Å². The summed E-state index contributed by atoms with van der Waals surface area (Å²) in [6.45, 7) is 6.41. The van der Waals surface area contributed by atoms with Crippen molar-refractivity contribution in [3.8, 4) is 11.3 Å². The minimum atomic E-state index is -2.10. The van der Waals surface area contributed by atoms with Gasteiger partial charge in [0.05, 0.1) is 0 Å². The summed E-state index contributed by atoms with van der Waals surface area (Å²) in [6, 6.07) is 14.4. The van der Waals surface area contributed by atoms with E-state index < -0.39 is 6.85 Å². The van der Waals surface area contributed by atoms with Crippen molar-refractivity contribution in [2.24, 2.45) is 13.0 Å². The summed E-state index contributed by atoms with van der Waals surface area (Å²) < 4.78 is 25.6. The number of fused-ring (bicyclic) bond motifs is 1. The van der Waals surface area contributed by atoms with E-state index in [9.17, 15) is 0 Å². The molecule has 1 heteroatoms. The Kier molecular flexibility index (Phi) is 3.51. The van der Waals surface area contributed by atoms with Crippen LogP contribution < -0.4 is 4.57 Å². The number of nitrogens with zero attached hydrogens (tertiary/aromatic N) is 1. The van der Waals surface area contributed by atoms with Crippen LogP contribution >= 0.6 is 0 Å². The van der Waals surface area contributed by atoms with Crippen LogP contribution in [0.25, 0.3) is 22.2 Å². The predicted molar refractivity (Wildman–Crippen MR) is 103 cm³/mol. The quantitative estimate of drug-likeness (QED) is 0.564. The van der Waals surface area contributed by atoms with Crippen LogP contribution in [0.4, 0.5) is 0 Å². The monoisotopic (exact) mass is 321 g/mol. The van der Waals surface area contributed by atoms with E-state index in [0.717, 1.165) is 28.8 Å². The first-order valence-electron chi connectivity index (χ1n) is 10.1. The third-order valence-corrected chi connectivity index (χ3v) is 4.88. The highest BCUT2D eigenvalue weighted by Gasteiger charge is 2.18. The molecule has 0 N–H and O–H groups in total. The summed E-state index contributed by atoms with van der Waals surface area (Å²) >= 11 is 0. The lowest BCUT2D eigenvalue weighted by Crippen LogP contribution is -2.32. The van der Waals surface area contributed by atoms with Crippen LogP contribution in [0.1, 0.15) is 40.2 Å². The van der Waals surface area contributed by atoms with Crippen molar-refractivity contribution in [2.45, 2.75) is 41.0 Å². The van der Waals surface area contributed by atoms with Crippen LogP contribution in [-0.4, -0.2) is 0 Å². The fraction of sp³-hybridized carbons (Fsp3) is 0.348. The fourth-order valence-corrected chi connectivity index (χ4v) is 3.50. The van der Waals surface area contributed by atoms with E-state index in [4.69, 9.17) is 4.11 Å². The zero-order valence-corrected chi connectivity index (χ0v) is 15.3. The molecule has 0 unspecified atom stereocenters. The second-order valence-electron chi connectivity index (χ2n) is 7.19. The van der Waals surface area contributed by atoms with E-state index in [0.29, 0.717) is 11.5 Å². The van der Waals surface area contributed by atoms with E-state index in [-0.39, 0.29) is 0 Å². The van der Waals surface area contributed by atoms with Crippen molar-refractivity contribution in [3.05, 3.63) is 64.7 Å². The molecule has 0 aliphatic carbocycles. The fourth-order valence-electron chi connectivity index (χ4n) is 3.50. The maximum atomic E-state index is 7.80. The molecule has 0 amide bonds. The Labute approximate surface area is 150 Å². The van der Waals surface area contributed by atoms with E-state index in [1.807, 2.05) is 13.0 Å². The molecule has 3 aromatic rings. The molecule has 3 rings (SSSR count). The molecule has 0 radical (unpaired) electrons. The second kappa shape index (κ2) is 6.39. The Balaban J connectivity index is 2.25. The maximum absolute atomic E-state index is 7.80. The Bertz CT molecular complexity index is 1000. The van der Waals surface area contributed by atoms with Gasteiger partial charge in [-0.05, 0) is 61.9 Å². The number of pyridine rings is 1. The molecular weight excluding hydrogens is 290 g/mol. The molecule has 0 aliphatic heterocycles. The molecule has 0 aliphatic rings. The summed E-state index contributed by atoms with van der Waals surface area (Å²) in [5.41, 5.74) is 7.07. The first-order chi connectivity index (χ1) is 12.6. The van der Waals surface area contributed by atoms with Crippen LogP contribution in [0.2, 0.25) is 0 Å². The number of rotatable bonds is 3. The van der Waals surface area contributed by atoms with Crippen molar-refractivity contribution in [2.75, 3.05) is 0 Å². The lowest BCUT2D eigenvalue weighted by atomic mass is 9.95.